The van der Waals surface area contributed by atoms with Crippen molar-refractivity contribution in [3.63, 3.8) is 0 Å². The molecular weight excluding hydrogens is 380 g/mol. The molecular formula is C29H50O2. The SMILES string of the molecule is CCCCCCCCCCCCCCCCCCCCCOc1cccc(C(C)=O)c1. The predicted octanol–water partition coefficient (Wildman–Crippen LogP) is 9.70. The maximum Gasteiger partial charge on any atom is 0.159 e. The van der Waals surface area contributed by atoms with E-state index in [1.807, 2.05) is 24.3 Å². The minimum Gasteiger partial charge on any atom is -0.494 e. The Kier molecular flexibility index (Phi) is 18.4. The molecule has 0 bridgehead atoms. The van der Waals surface area contributed by atoms with E-state index in [-0.39, 0.29) is 5.78 Å². The molecule has 0 heterocycles. The van der Waals surface area contributed by atoms with E-state index in [0.29, 0.717) is 0 Å². The summed E-state index contributed by atoms with van der Waals surface area (Å²) in [5, 5.41) is 0. The van der Waals surface area contributed by atoms with E-state index in [4.69, 9.17) is 4.74 Å². The monoisotopic (exact) mass is 430 g/mol. The summed E-state index contributed by atoms with van der Waals surface area (Å²) < 4.78 is 5.78. The highest BCUT2D eigenvalue weighted by Gasteiger charge is 2.01. The Morgan fingerprint density at radius 3 is 1.48 bits per heavy atom. The van der Waals surface area contributed by atoms with Gasteiger partial charge in [0.25, 0.3) is 0 Å². The van der Waals surface area contributed by atoms with Crippen LogP contribution in [-0.4, -0.2) is 12.4 Å². The van der Waals surface area contributed by atoms with E-state index in [0.717, 1.165) is 24.3 Å². The van der Waals surface area contributed by atoms with Crippen molar-refractivity contribution < 1.29 is 9.53 Å². The molecule has 1 aromatic rings. The van der Waals surface area contributed by atoms with Gasteiger partial charge in [0.15, 0.2) is 5.78 Å². The minimum absolute atomic E-state index is 0.0916. The maximum atomic E-state index is 11.4. The highest BCUT2D eigenvalue weighted by molar-refractivity contribution is 5.94. The van der Waals surface area contributed by atoms with E-state index in [2.05, 4.69) is 6.92 Å². The second-order valence-corrected chi connectivity index (χ2v) is 9.30. The number of carbonyl (C=O) groups is 1. The Hall–Kier alpha value is -1.31. The molecule has 0 N–H and O–H groups in total. The van der Waals surface area contributed by atoms with Crippen molar-refractivity contribution in [1.82, 2.24) is 0 Å². The molecule has 2 nitrogen and oxygen atoms in total. The topological polar surface area (TPSA) is 26.3 Å². The Morgan fingerprint density at radius 2 is 1.06 bits per heavy atom. The van der Waals surface area contributed by atoms with Gasteiger partial charge in [-0.25, -0.2) is 0 Å². The van der Waals surface area contributed by atoms with Crippen LogP contribution in [-0.2, 0) is 0 Å². The Bertz CT molecular complexity index is 537. The number of ketones is 1. The average molecular weight is 431 g/mol. The van der Waals surface area contributed by atoms with Gasteiger partial charge in [0.05, 0.1) is 6.61 Å². The number of benzene rings is 1. The second-order valence-electron chi connectivity index (χ2n) is 9.30. The largest absolute Gasteiger partial charge is 0.494 e. The highest BCUT2D eigenvalue weighted by atomic mass is 16.5. The zero-order chi connectivity index (χ0) is 22.4. The van der Waals surface area contributed by atoms with Crippen molar-refractivity contribution in [2.75, 3.05) is 6.61 Å². The third-order valence-corrected chi connectivity index (χ3v) is 6.26. The fourth-order valence-corrected chi connectivity index (χ4v) is 4.18. The first-order chi connectivity index (χ1) is 15.2. The summed E-state index contributed by atoms with van der Waals surface area (Å²) in [6, 6.07) is 7.51. The molecule has 31 heavy (non-hydrogen) atoms. The third kappa shape index (κ3) is 17.0. The van der Waals surface area contributed by atoms with Crippen molar-refractivity contribution in [2.24, 2.45) is 0 Å². The van der Waals surface area contributed by atoms with E-state index in [9.17, 15) is 4.79 Å². The minimum atomic E-state index is 0.0916. The third-order valence-electron chi connectivity index (χ3n) is 6.26. The van der Waals surface area contributed by atoms with Gasteiger partial charge < -0.3 is 4.74 Å². The predicted molar refractivity (Wildman–Crippen MR) is 135 cm³/mol. The van der Waals surface area contributed by atoms with E-state index < -0.39 is 0 Å². The molecule has 0 atom stereocenters. The molecule has 0 saturated heterocycles. The number of unbranched alkanes of at least 4 members (excludes halogenated alkanes) is 18. The summed E-state index contributed by atoms with van der Waals surface area (Å²) in [7, 11) is 0. The lowest BCUT2D eigenvalue weighted by molar-refractivity contribution is 0.101. The van der Waals surface area contributed by atoms with Crippen molar-refractivity contribution in [3.8, 4) is 5.75 Å². The van der Waals surface area contributed by atoms with Gasteiger partial charge >= 0.3 is 0 Å². The zero-order valence-corrected chi connectivity index (χ0v) is 20.8. The first-order valence-corrected chi connectivity index (χ1v) is 13.5. The summed E-state index contributed by atoms with van der Waals surface area (Å²) in [5.41, 5.74) is 0.727. The van der Waals surface area contributed by atoms with Crippen molar-refractivity contribution in [3.05, 3.63) is 29.8 Å². The fraction of sp³-hybridized carbons (Fsp3) is 0.759. The van der Waals surface area contributed by atoms with Gasteiger partial charge in [0, 0.05) is 5.56 Å². The van der Waals surface area contributed by atoms with Crippen LogP contribution in [0.1, 0.15) is 146 Å². The van der Waals surface area contributed by atoms with Gasteiger partial charge in [-0.05, 0) is 25.5 Å². The van der Waals surface area contributed by atoms with Gasteiger partial charge in [-0.2, -0.15) is 0 Å². The first-order valence-electron chi connectivity index (χ1n) is 13.5. The van der Waals surface area contributed by atoms with Crippen LogP contribution < -0.4 is 4.74 Å². The van der Waals surface area contributed by atoms with Crippen LogP contribution in [0.3, 0.4) is 0 Å². The molecule has 0 amide bonds. The number of hydrogen-bond acceptors (Lipinski definition) is 2. The Labute approximate surface area is 193 Å². The molecule has 0 unspecified atom stereocenters. The maximum absolute atomic E-state index is 11.4. The number of rotatable bonds is 22. The van der Waals surface area contributed by atoms with Gasteiger partial charge in [0.1, 0.15) is 5.75 Å². The van der Waals surface area contributed by atoms with E-state index in [1.165, 1.54) is 116 Å². The summed E-state index contributed by atoms with van der Waals surface area (Å²) in [6.07, 6.45) is 26.5. The summed E-state index contributed by atoms with van der Waals surface area (Å²) in [6.45, 7) is 4.64. The highest BCUT2D eigenvalue weighted by Crippen LogP contribution is 2.16. The molecule has 2 heteroatoms. The smallest absolute Gasteiger partial charge is 0.159 e. The summed E-state index contributed by atoms with van der Waals surface area (Å²) in [4.78, 5) is 11.4. The van der Waals surface area contributed by atoms with Gasteiger partial charge in [-0.1, -0.05) is 135 Å². The van der Waals surface area contributed by atoms with Crippen LogP contribution in [0.4, 0.5) is 0 Å². The quantitative estimate of drug-likeness (QED) is 0.135. The second kappa shape index (κ2) is 20.6. The lowest BCUT2D eigenvalue weighted by atomic mass is 10.0. The van der Waals surface area contributed by atoms with Crippen LogP contribution >= 0.6 is 0 Å². The molecule has 0 aliphatic rings. The fourth-order valence-electron chi connectivity index (χ4n) is 4.18. The van der Waals surface area contributed by atoms with Crippen LogP contribution in [0.15, 0.2) is 24.3 Å². The normalized spacial score (nSPS) is 11.0. The van der Waals surface area contributed by atoms with E-state index >= 15 is 0 Å². The lowest BCUT2D eigenvalue weighted by Crippen LogP contribution is -1.99. The molecule has 0 saturated carbocycles. The molecule has 1 aromatic carbocycles. The summed E-state index contributed by atoms with van der Waals surface area (Å²) in [5.74, 6) is 0.907. The van der Waals surface area contributed by atoms with Crippen LogP contribution in [0.5, 0.6) is 5.75 Å². The Morgan fingerprint density at radius 1 is 0.645 bits per heavy atom. The van der Waals surface area contributed by atoms with E-state index in [1.54, 1.807) is 6.92 Å². The molecule has 0 spiro atoms. The number of Topliss-reactive ketones (excluding diaryl/α,β-unsaturated/α-hetero) is 1. The molecule has 0 aromatic heterocycles. The number of ether oxygens (including phenoxy) is 1. The van der Waals surface area contributed by atoms with Crippen LogP contribution in [0.2, 0.25) is 0 Å². The average Bonchev–Trinajstić information content (AvgIpc) is 2.78. The Balaban J connectivity index is 1.76. The van der Waals surface area contributed by atoms with Crippen molar-refractivity contribution in [2.45, 2.75) is 136 Å². The van der Waals surface area contributed by atoms with Crippen molar-refractivity contribution in [1.29, 1.82) is 0 Å². The van der Waals surface area contributed by atoms with Gasteiger partial charge in [-0.15, -0.1) is 0 Å². The van der Waals surface area contributed by atoms with Crippen LogP contribution in [0, 0.1) is 0 Å². The molecule has 1 rings (SSSR count). The molecule has 0 aliphatic heterocycles. The summed E-state index contributed by atoms with van der Waals surface area (Å²) >= 11 is 0. The number of carbonyl (C=O) groups excluding carboxylic acids is 1. The first kappa shape index (κ1) is 27.7. The number of hydrogen-bond donors (Lipinski definition) is 0. The molecule has 178 valence electrons. The van der Waals surface area contributed by atoms with Crippen molar-refractivity contribution >= 4 is 5.78 Å². The molecule has 0 fully saturated rings. The molecule has 0 radical (unpaired) electrons. The van der Waals surface area contributed by atoms with Gasteiger partial charge in [0.2, 0.25) is 0 Å². The zero-order valence-electron chi connectivity index (χ0n) is 20.8. The van der Waals surface area contributed by atoms with Gasteiger partial charge in [-0.3, -0.25) is 4.79 Å². The standard InChI is InChI=1S/C29H50O2/c1-3-4-5-6-7-8-9-10-11-12-13-14-15-16-17-18-19-20-21-25-31-29-24-22-23-28(26-29)27(2)30/h22-24,26H,3-21,25H2,1-2H3. The van der Waals surface area contributed by atoms with Crippen LogP contribution in [0.25, 0.3) is 0 Å². The molecule has 0 aliphatic carbocycles. The lowest BCUT2D eigenvalue weighted by Gasteiger charge is -2.07.